The lowest BCUT2D eigenvalue weighted by atomic mass is 10.1. The second-order valence-electron chi connectivity index (χ2n) is 7.21. The number of carbonyl (C=O) groups is 2. The lowest BCUT2D eigenvalue weighted by Gasteiger charge is -2.23. The molecule has 0 saturated heterocycles. The molecule has 0 N–H and O–H groups in total. The Hall–Kier alpha value is -3.67. The summed E-state index contributed by atoms with van der Waals surface area (Å²) in [5, 5.41) is 0. The highest BCUT2D eigenvalue weighted by Gasteiger charge is 2.18. The molecule has 0 fully saturated rings. The summed E-state index contributed by atoms with van der Waals surface area (Å²) in [6, 6.07) is 16.4. The van der Waals surface area contributed by atoms with Gasteiger partial charge in [0.2, 0.25) is 0 Å². The van der Waals surface area contributed by atoms with Crippen LogP contribution >= 0.6 is 0 Å². The van der Waals surface area contributed by atoms with Crippen LogP contribution in [-0.4, -0.2) is 30.1 Å². The largest absolute Gasteiger partial charge is 0.484 e. The molecule has 3 aromatic rings. The first-order valence-electron chi connectivity index (χ1n) is 10.1. The van der Waals surface area contributed by atoms with E-state index >= 15 is 0 Å². The standard InChI is InChI=1S/C25H26N2O4/c1-4-30-25(29)21-5-7-22(8-6-21)27(16-20-9-11-26-12-10-20)24(28)17-31-23-14-18(2)13-19(3)15-23/h5-15H,4,16-17H2,1-3H3. The van der Waals surface area contributed by atoms with E-state index in [-0.39, 0.29) is 18.5 Å². The van der Waals surface area contributed by atoms with Gasteiger partial charge in [-0.3, -0.25) is 9.78 Å². The van der Waals surface area contributed by atoms with Crippen molar-refractivity contribution in [3.63, 3.8) is 0 Å². The Bertz CT molecular complexity index is 1010. The third kappa shape index (κ3) is 6.15. The maximum atomic E-state index is 13.1. The smallest absolute Gasteiger partial charge is 0.338 e. The molecule has 0 aliphatic rings. The van der Waals surface area contributed by atoms with Gasteiger partial charge >= 0.3 is 5.97 Å². The molecule has 1 aromatic heterocycles. The first-order valence-corrected chi connectivity index (χ1v) is 10.1. The first kappa shape index (κ1) is 22.0. The fraction of sp³-hybridized carbons (Fsp3) is 0.240. The van der Waals surface area contributed by atoms with Crippen molar-refractivity contribution in [3.05, 3.63) is 89.2 Å². The number of pyridine rings is 1. The van der Waals surface area contributed by atoms with Gasteiger partial charge in [0.1, 0.15) is 5.75 Å². The Kier molecular flexibility index (Phi) is 7.38. The van der Waals surface area contributed by atoms with E-state index in [1.807, 2.05) is 38.1 Å². The van der Waals surface area contributed by atoms with Gasteiger partial charge in [0.15, 0.2) is 6.61 Å². The first-order chi connectivity index (χ1) is 15.0. The number of amides is 1. The molecule has 0 radical (unpaired) electrons. The van der Waals surface area contributed by atoms with E-state index in [1.165, 1.54) is 0 Å². The highest BCUT2D eigenvalue weighted by atomic mass is 16.5. The molecule has 6 heteroatoms. The van der Waals surface area contributed by atoms with E-state index < -0.39 is 0 Å². The molecule has 2 aromatic carbocycles. The van der Waals surface area contributed by atoms with Crippen molar-refractivity contribution in [1.29, 1.82) is 0 Å². The molecule has 6 nitrogen and oxygen atoms in total. The minimum atomic E-state index is -0.390. The van der Waals surface area contributed by atoms with E-state index in [2.05, 4.69) is 11.1 Å². The summed E-state index contributed by atoms with van der Waals surface area (Å²) >= 11 is 0. The SMILES string of the molecule is CCOC(=O)c1ccc(N(Cc2ccncc2)C(=O)COc2cc(C)cc(C)c2)cc1. The van der Waals surface area contributed by atoms with Crippen LogP contribution in [0.15, 0.2) is 67.0 Å². The molecular weight excluding hydrogens is 392 g/mol. The Labute approximate surface area is 182 Å². The fourth-order valence-electron chi connectivity index (χ4n) is 3.23. The zero-order chi connectivity index (χ0) is 22.2. The van der Waals surface area contributed by atoms with E-state index in [4.69, 9.17) is 9.47 Å². The summed E-state index contributed by atoms with van der Waals surface area (Å²) in [4.78, 5) is 30.7. The van der Waals surface area contributed by atoms with Crippen molar-refractivity contribution in [2.75, 3.05) is 18.1 Å². The molecule has 0 atom stereocenters. The monoisotopic (exact) mass is 418 g/mol. The van der Waals surface area contributed by atoms with Gasteiger partial charge < -0.3 is 14.4 Å². The Balaban J connectivity index is 1.80. The number of benzene rings is 2. The van der Waals surface area contributed by atoms with Crippen LogP contribution in [-0.2, 0) is 16.1 Å². The number of hydrogen-bond acceptors (Lipinski definition) is 5. The van der Waals surface area contributed by atoms with Crippen molar-refractivity contribution >= 4 is 17.6 Å². The van der Waals surface area contributed by atoms with Crippen molar-refractivity contribution in [3.8, 4) is 5.75 Å². The van der Waals surface area contributed by atoms with E-state index in [1.54, 1.807) is 48.5 Å². The van der Waals surface area contributed by atoms with E-state index in [9.17, 15) is 9.59 Å². The Morgan fingerprint density at radius 3 is 2.19 bits per heavy atom. The van der Waals surface area contributed by atoms with Gasteiger partial charge in [0, 0.05) is 18.1 Å². The van der Waals surface area contributed by atoms with Gasteiger partial charge in [-0.2, -0.15) is 0 Å². The number of carbonyl (C=O) groups excluding carboxylic acids is 2. The molecule has 0 aliphatic heterocycles. The van der Waals surface area contributed by atoms with Crippen molar-refractivity contribution in [2.24, 2.45) is 0 Å². The molecule has 160 valence electrons. The molecule has 0 bridgehead atoms. The van der Waals surface area contributed by atoms with Crippen molar-refractivity contribution in [2.45, 2.75) is 27.3 Å². The summed E-state index contributed by atoms with van der Waals surface area (Å²) in [5.74, 6) is 0.0754. The van der Waals surface area contributed by atoms with Crippen LogP contribution in [0.5, 0.6) is 5.75 Å². The van der Waals surface area contributed by atoms with Crippen LogP contribution < -0.4 is 9.64 Å². The molecular formula is C25H26N2O4. The third-order valence-electron chi connectivity index (χ3n) is 4.64. The lowest BCUT2D eigenvalue weighted by molar-refractivity contribution is -0.120. The number of esters is 1. The van der Waals surface area contributed by atoms with Crippen LogP contribution in [0, 0.1) is 13.8 Å². The summed E-state index contributed by atoms with van der Waals surface area (Å²) in [5.41, 5.74) is 4.19. The van der Waals surface area contributed by atoms with Gasteiger partial charge in [0.25, 0.3) is 5.91 Å². The number of aryl methyl sites for hydroxylation is 2. The molecule has 0 spiro atoms. The second kappa shape index (κ2) is 10.4. The fourth-order valence-corrected chi connectivity index (χ4v) is 3.23. The predicted octanol–water partition coefficient (Wildman–Crippen LogP) is 4.49. The Morgan fingerprint density at radius 1 is 0.935 bits per heavy atom. The average molecular weight is 418 g/mol. The van der Waals surface area contributed by atoms with Gasteiger partial charge in [-0.05, 0) is 86.0 Å². The molecule has 0 saturated carbocycles. The second-order valence-corrected chi connectivity index (χ2v) is 7.21. The third-order valence-corrected chi connectivity index (χ3v) is 4.64. The minimum Gasteiger partial charge on any atom is -0.484 e. The number of aromatic nitrogens is 1. The maximum absolute atomic E-state index is 13.1. The molecule has 3 rings (SSSR count). The van der Waals surface area contributed by atoms with Crippen molar-refractivity contribution in [1.82, 2.24) is 4.98 Å². The van der Waals surface area contributed by atoms with Crippen LogP contribution in [0.3, 0.4) is 0 Å². The predicted molar refractivity (Wildman–Crippen MR) is 119 cm³/mol. The molecule has 0 aliphatic carbocycles. The van der Waals surface area contributed by atoms with Crippen LogP contribution in [0.2, 0.25) is 0 Å². The van der Waals surface area contributed by atoms with Gasteiger partial charge in [-0.1, -0.05) is 6.07 Å². The number of hydrogen-bond donors (Lipinski definition) is 0. The summed E-state index contributed by atoms with van der Waals surface area (Å²) in [7, 11) is 0. The van der Waals surface area contributed by atoms with E-state index in [0.717, 1.165) is 16.7 Å². The highest BCUT2D eigenvalue weighted by Crippen LogP contribution is 2.21. The lowest BCUT2D eigenvalue weighted by Crippen LogP contribution is -2.34. The molecule has 1 heterocycles. The van der Waals surface area contributed by atoms with Gasteiger partial charge in [-0.25, -0.2) is 4.79 Å². The summed E-state index contributed by atoms with van der Waals surface area (Å²) in [6.45, 7) is 6.30. The maximum Gasteiger partial charge on any atom is 0.338 e. The van der Waals surface area contributed by atoms with Crippen LogP contribution in [0.4, 0.5) is 5.69 Å². The quantitative estimate of drug-likeness (QED) is 0.504. The minimum absolute atomic E-state index is 0.104. The highest BCUT2D eigenvalue weighted by molar-refractivity contribution is 5.95. The van der Waals surface area contributed by atoms with E-state index in [0.29, 0.717) is 30.2 Å². The number of ether oxygens (including phenoxy) is 2. The molecule has 1 amide bonds. The average Bonchev–Trinajstić information content (AvgIpc) is 2.76. The van der Waals surface area contributed by atoms with Gasteiger partial charge in [0.05, 0.1) is 18.7 Å². The van der Waals surface area contributed by atoms with Crippen molar-refractivity contribution < 1.29 is 19.1 Å². The molecule has 0 unspecified atom stereocenters. The normalized spacial score (nSPS) is 10.4. The Morgan fingerprint density at radius 2 is 1.58 bits per heavy atom. The zero-order valence-corrected chi connectivity index (χ0v) is 18.0. The number of rotatable bonds is 8. The van der Waals surface area contributed by atoms with Crippen LogP contribution in [0.1, 0.15) is 34.0 Å². The van der Waals surface area contributed by atoms with Crippen LogP contribution in [0.25, 0.3) is 0 Å². The number of nitrogens with zero attached hydrogens (tertiary/aromatic N) is 2. The topological polar surface area (TPSA) is 68.7 Å². The zero-order valence-electron chi connectivity index (χ0n) is 18.0. The molecule has 31 heavy (non-hydrogen) atoms. The summed E-state index contributed by atoms with van der Waals surface area (Å²) in [6.07, 6.45) is 3.38. The number of anilines is 1. The summed E-state index contributed by atoms with van der Waals surface area (Å²) < 4.78 is 10.8. The van der Waals surface area contributed by atoms with Gasteiger partial charge in [-0.15, -0.1) is 0 Å².